The van der Waals surface area contributed by atoms with Crippen LogP contribution in [-0.2, 0) is 0 Å². The van der Waals surface area contributed by atoms with E-state index in [9.17, 15) is 9.18 Å². The van der Waals surface area contributed by atoms with E-state index in [-0.39, 0.29) is 0 Å². The van der Waals surface area contributed by atoms with Crippen molar-refractivity contribution in [3.8, 4) is 11.1 Å². The highest BCUT2D eigenvalue weighted by molar-refractivity contribution is 6.33. The van der Waals surface area contributed by atoms with Gasteiger partial charge in [0.2, 0.25) is 0 Å². The summed E-state index contributed by atoms with van der Waals surface area (Å²) in [5, 5.41) is 0.378. The normalized spacial score (nSPS) is 10.1. The molecular weight excluding hydrogens is 229 g/mol. The number of hydrogen-bond donors (Lipinski definition) is 0. The van der Waals surface area contributed by atoms with Crippen molar-refractivity contribution < 1.29 is 9.18 Å². The van der Waals surface area contributed by atoms with E-state index >= 15 is 0 Å². The number of carbonyl (C=O) groups excluding carboxylic acids is 1. The van der Waals surface area contributed by atoms with Gasteiger partial charge in [-0.15, -0.1) is 0 Å². The van der Waals surface area contributed by atoms with Crippen LogP contribution in [0, 0.1) is 5.82 Å². The first-order chi connectivity index (χ1) is 7.70. The fourth-order valence-electron chi connectivity index (χ4n) is 1.38. The van der Waals surface area contributed by atoms with Gasteiger partial charge in [0, 0.05) is 17.3 Å². The molecule has 2 nitrogen and oxygen atoms in total. The number of pyridine rings is 1. The molecule has 0 spiro atoms. The van der Waals surface area contributed by atoms with Crippen molar-refractivity contribution in [3.63, 3.8) is 0 Å². The zero-order valence-electron chi connectivity index (χ0n) is 8.15. The van der Waals surface area contributed by atoms with E-state index < -0.39 is 5.82 Å². The maximum atomic E-state index is 13.0. The predicted molar refractivity (Wildman–Crippen MR) is 60.0 cm³/mol. The lowest BCUT2D eigenvalue weighted by Gasteiger charge is -2.03. The summed E-state index contributed by atoms with van der Waals surface area (Å²) in [4.78, 5) is 14.4. The topological polar surface area (TPSA) is 30.0 Å². The standard InChI is InChI=1S/C12H7ClFNO/c13-12-2-1-8(3-10(12)7-16)9-4-11(14)6-15-5-9/h1-7H. The monoisotopic (exact) mass is 235 g/mol. The van der Waals surface area contributed by atoms with Crippen molar-refractivity contribution in [2.24, 2.45) is 0 Å². The van der Waals surface area contributed by atoms with Crippen LogP contribution < -0.4 is 0 Å². The first-order valence-electron chi connectivity index (χ1n) is 4.56. The zero-order valence-corrected chi connectivity index (χ0v) is 8.91. The lowest BCUT2D eigenvalue weighted by atomic mass is 10.1. The molecule has 16 heavy (non-hydrogen) atoms. The molecule has 0 saturated carbocycles. The third kappa shape index (κ3) is 2.09. The van der Waals surface area contributed by atoms with Crippen LogP contribution >= 0.6 is 11.6 Å². The van der Waals surface area contributed by atoms with Crippen LogP contribution in [0.3, 0.4) is 0 Å². The molecule has 0 saturated heterocycles. The van der Waals surface area contributed by atoms with Gasteiger partial charge in [0.15, 0.2) is 6.29 Å². The van der Waals surface area contributed by atoms with Crippen molar-refractivity contribution >= 4 is 17.9 Å². The molecule has 2 aromatic rings. The van der Waals surface area contributed by atoms with Crippen LogP contribution in [0.1, 0.15) is 10.4 Å². The number of nitrogens with zero attached hydrogens (tertiary/aromatic N) is 1. The van der Waals surface area contributed by atoms with Gasteiger partial charge in [-0.1, -0.05) is 17.7 Å². The fraction of sp³-hybridized carbons (Fsp3) is 0. The molecular formula is C12H7ClFNO. The highest BCUT2D eigenvalue weighted by Crippen LogP contribution is 2.24. The van der Waals surface area contributed by atoms with Crippen LogP contribution in [0.5, 0.6) is 0 Å². The highest BCUT2D eigenvalue weighted by atomic mass is 35.5. The number of hydrogen-bond acceptors (Lipinski definition) is 2. The molecule has 80 valence electrons. The second-order valence-electron chi connectivity index (χ2n) is 3.25. The molecule has 0 unspecified atom stereocenters. The van der Waals surface area contributed by atoms with E-state index in [0.29, 0.717) is 28.0 Å². The lowest BCUT2D eigenvalue weighted by Crippen LogP contribution is -1.86. The molecule has 0 amide bonds. The second kappa shape index (κ2) is 4.41. The molecule has 2 rings (SSSR count). The summed E-state index contributed by atoms with van der Waals surface area (Å²) in [5.41, 5.74) is 1.70. The molecule has 1 aromatic heterocycles. The number of carbonyl (C=O) groups is 1. The zero-order chi connectivity index (χ0) is 11.5. The maximum Gasteiger partial charge on any atom is 0.151 e. The Morgan fingerprint density at radius 2 is 2.00 bits per heavy atom. The van der Waals surface area contributed by atoms with Crippen LogP contribution in [0.25, 0.3) is 11.1 Å². The number of benzene rings is 1. The molecule has 1 aromatic carbocycles. The minimum atomic E-state index is -0.417. The summed E-state index contributed by atoms with van der Waals surface area (Å²) in [7, 11) is 0. The average Bonchev–Trinajstić information content (AvgIpc) is 2.29. The van der Waals surface area contributed by atoms with Crippen molar-refractivity contribution in [1.29, 1.82) is 0 Å². The quantitative estimate of drug-likeness (QED) is 0.747. The molecule has 4 heteroatoms. The van der Waals surface area contributed by atoms with E-state index in [4.69, 9.17) is 11.6 Å². The van der Waals surface area contributed by atoms with Crippen molar-refractivity contribution in [2.45, 2.75) is 0 Å². The summed E-state index contributed by atoms with van der Waals surface area (Å²) in [5.74, 6) is -0.417. The van der Waals surface area contributed by atoms with Gasteiger partial charge in [-0.25, -0.2) is 4.39 Å². The molecule has 0 aliphatic rings. The molecule has 0 N–H and O–H groups in total. The first-order valence-corrected chi connectivity index (χ1v) is 4.94. The van der Waals surface area contributed by atoms with Crippen molar-refractivity contribution in [3.05, 3.63) is 53.1 Å². The Kier molecular flexibility index (Phi) is 2.97. The van der Waals surface area contributed by atoms with Gasteiger partial charge >= 0.3 is 0 Å². The van der Waals surface area contributed by atoms with E-state index in [0.717, 1.165) is 6.20 Å². The van der Waals surface area contributed by atoms with Gasteiger partial charge in [0.05, 0.1) is 11.2 Å². The third-order valence-electron chi connectivity index (χ3n) is 2.16. The fourth-order valence-corrected chi connectivity index (χ4v) is 1.55. The number of halogens is 2. The Labute approximate surface area is 96.7 Å². The van der Waals surface area contributed by atoms with Crippen molar-refractivity contribution in [1.82, 2.24) is 4.98 Å². The molecule has 0 fully saturated rings. The smallest absolute Gasteiger partial charge is 0.151 e. The summed E-state index contributed by atoms with van der Waals surface area (Å²) in [6.07, 6.45) is 3.32. The molecule has 0 aliphatic heterocycles. The molecule has 0 radical (unpaired) electrons. The van der Waals surface area contributed by atoms with Gasteiger partial charge < -0.3 is 0 Å². The van der Waals surface area contributed by atoms with Gasteiger partial charge in [-0.05, 0) is 23.8 Å². The Hall–Kier alpha value is -1.74. The molecule has 0 atom stereocenters. The minimum Gasteiger partial charge on any atom is -0.298 e. The summed E-state index contributed by atoms with van der Waals surface area (Å²) in [6, 6.07) is 6.27. The Bertz CT molecular complexity index is 542. The highest BCUT2D eigenvalue weighted by Gasteiger charge is 2.04. The van der Waals surface area contributed by atoms with Crippen LogP contribution in [0.2, 0.25) is 5.02 Å². The van der Waals surface area contributed by atoms with Gasteiger partial charge in [0.1, 0.15) is 5.82 Å². The average molecular weight is 236 g/mol. The Morgan fingerprint density at radius 3 is 2.69 bits per heavy atom. The Balaban J connectivity index is 2.52. The number of aldehydes is 1. The maximum absolute atomic E-state index is 13.0. The lowest BCUT2D eigenvalue weighted by molar-refractivity contribution is 0.112. The van der Waals surface area contributed by atoms with E-state index in [2.05, 4.69) is 4.98 Å². The van der Waals surface area contributed by atoms with Crippen LogP contribution in [-0.4, -0.2) is 11.3 Å². The predicted octanol–water partition coefficient (Wildman–Crippen LogP) is 3.35. The molecule has 0 bridgehead atoms. The van der Waals surface area contributed by atoms with Gasteiger partial charge in [-0.3, -0.25) is 9.78 Å². The van der Waals surface area contributed by atoms with E-state index in [1.54, 1.807) is 18.2 Å². The Morgan fingerprint density at radius 1 is 1.19 bits per heavy atom. The van der Waals surface area contributed by atoms with E-state index in [1.807, 2.05) is 0 Å². The third-order valence-corrected chi connectivity index (χ3v) is 2.51. The summed E-state index contributed by atoms with van der Waals surface area (Å²) >= 11 is 5.79. The SMILES string of the molecule is O=Cc1cc(-c2cncc(F)c2)ccc1Cl. The molecule has 0 aliphatic carbocycles. The van der Waals surface area contributed by atoms with Crippen LogP contribution in [0.4, 0.5) is 4.39 Å². The van der Waals surface area contributed by atoms with Crippen molar-refractivity contribution in [2.75, 3.05) is 0 Å². The largest absolute Gasteiger partial charge is 0.298 e. The van der Waals surface area contributed by atoms with Gasteiger partial charge in [-0.2, -0.15) is 0 Å². The van der Waals surface area contributed by atoms with E-state index in [1.165, 1.54) is 12.3 Å². The van der Waals surface area contributed by atoms with Crippen LogP contribution in [0.15, 0.2) is 36.7 Å². The second-order valence-corrected chi connectivity index (χ2v) is 3.65. The summed E-state index contributed by atoms with van der Waals surface area (Å²) in [6.45, 7) is 0. The number of rotatable bonds is 2. The number of aromatic nitrogens is 1. The van der Waals surface area contributed by atoms with Gasteiger partial charge in [0.25, 0.3) is 0 Å². The minimum absolute atomic E-state index is 0.378. The summed E-state index contributed by atoms with van der Waals surface area (Å²) < 4.78 is 13.0. The first kappa shape index (κ1) is 10.8. The molecule has 1 heterocycles.